The number of methoxy groups -OCH3 is 1. The zero-order valence-corrected chi connectivity index (χ0v) is 19.0. The average molecular weight is 490 g/mol. The van der Waals surface area contributed by atoms with Gasteiger partial charge >= 0.3 is 5.51 Å². The number of nitrogens with zero attached hydrogens (tertiary/aromatic N) is 2. The maximum Gasteiger partial charge on any atom is 0.446 e. The molecule has 1 amide bonds. The molecule has 2 aromatic carbocycles. The summed E-state index contributed by atoms with van der Waals surface area (Å²) in [6, 6.07) is 9.09. The van der Waals surface area contributed by atoms with Gasteiger partial charge in [0.25, 0.3) is 5.91 Å². The van der Waals surface area contributed by atoms with Crippen molar-refractivity contribution in [3.05, 3.63) is 48.0 Å². The number of hydrogen-bond donors (Lipinski definition) is 1. The number of sulfonamides is 1. The summed E-state index contributed by atoms with van der Waals surface area (Å²) in [7, 11) is -0.472. The van der Waals surface area contributed by atoms with Crippen LogP contribution >= 0.6 is 11.8 Å². The number of amides is 1. The molecule has 7 nitrogen and oxygen atoms in total. The Balaban J connectivity index is 1.81. The summed E-state index contributed by atoms with van der Waals surface area (Å²) >= 11 is -0.277. The number of likely N-dealkylation sites (N-methyl/N-ethyl adjacent to an activating group) is 1. The van der Waals surface area contributed by atoms with Crippen molar-refractivity contribution in [2.75, 3.05) is 45.7 Å². The van der Waals surface area contributed by atoms with Crippen molar-refractivity contribution in [2.24, 2.45) is 0 Å². The Kier molecular flexibility index (Phi) is 7.38. The van der Waals surface area contributed by atoms with Crippen LogP contribution in [-0.4, -0.2) is 69.4 Å². The van der Waals surface area contributed by atoms with E-state index in [2.05, 4.69) is 5.32 Å². The molecule has 0 spiro atoms. The summed E-state index contributed by atoms with van der Waals surface area (Å²) in [5, 5.41) is 2.58. The van der Waals surface area contributed by atoms with Crippen molar-refractivity contribution in [3.63, 3.8) is 0 Å². The molecule has 12 heteroatoms. The average Bonchev–Trinajstić information content (AvgIpc) is 2.73. The van der Waals surface area contributed by atoms with E-state index in [-0.39, 0.29) is 38.6 Å². The van der Waals surface area contributed by atoms with Crippen molar-refractivity contribution >= 4 is 33.4 Å². The van der Waals surface area contributed by atoms with Gasteiger partial charge in [-0.25, -0.2) is 8.42 Å². The minimum Gasteiger partial charge on any atom is -0.495 e. The number of rotatable bonds is 6. The van der Waals surface area contributed by atoms with Crippen molar-refractivity contribution < 1.29 is 31.1 Å². The summed E-state index contributed by atoms with van der Waals surface area (Å²) in [4.78, 5) is 14.6. The molecule has 0 radical (unpaired) electrons. The highest BCUT2D eigenvalue weighted by Gasteiger charge is 2.30. The van der Waals surface area contributed by atoms with Crippen LogP contribution in [0.5, 0.6) is 5.75 Å². The van der Waals surface area contributed by atoms with E-state index in [1.807, 2.05) is 11.9 Å². The zero-order valence-electron chi connectivity index (χ0n) is 17.3. The quantitative estimate of drug-likeness (QED) is 0.626. The molecule has 1 N–H and O–H groups in total. The normalized spacial score (nSPS) is 16.0. The van der Waals surface area contributed by atoms with E-state index in [1.54, 1.807) is 0 Å². The summed E-state index contributed by atoms with van der Waals surface area (Å²) in [6.07, 6.45) is 0. The number of halogens is 3. The second-order valence-corrected chi connectivity index (χ2v) is 10.2. The van der Waals surface area contributed by atoms with Gasteiger partial charge in [-0.1, -0.05) is 0 Å². The van der Waals surface area contributed by atoms with Crippen LogP contribution in [0.15, 0.2) is 52.3 Å². The first kappa shape index (κ1) is 24.4. The first-order valence-corrected chi connectivity index (χ1v) is 11.8. The van der Waals surface area contributed by atoms with Gasteiger partial charge in [-0.2, -0.15) is 17.5 Å². The SMILES string of the molecule is COc1ccc(S(=O)(=O)N2CCN(C)CC2)cc1NC(=O)c1ccc(SC(F)(F)F)cc1. The monoisotopic (exact) mass is 489 g/mol. The molecule has 1 aliphatic heterocycles. The topological polar surface area (TPSA) is 79.0 Å². The molecule has 3 rings (SSSR count). The molecule has 1 saturated heterocycles. The van der Waals surface area contributed by atoms with E-state index in [9.17, 15) is 26.4 Å². The van der Waals surface area contributed by atoms with Crippen LogP contribution in [0.1, 0.15) is 10.4 Å². The summed E-state index contributed by atoms with van der Waals surface area (Å²) in [5.41, 5.74) is -4.17. The van der Waals surface area contributed by atoms with Crippen LogP contribution < -0.4 is 10.1 Å². The second kappa shape index (κ2) is 9.69. The number of hydrogen-bond acceptors (Lipinski definition) is 6. The third kappa shape index (κ3) is 5.94. The van der Waals surface area contributed by atoms with Crippen LogP contribution in [-0.2, 0) is 10.0 Å². The maximum absolute atomic E-state index is 13.0. The first-order valence-electron chi connectivity index (χ1n) is 9.53. The van der Waals surface area contributed by atoms with E-state index in [1.165, 1.54) is 53.9 Å². The highest BCUT2D eigenvalue weighted by molar-refractivity contribution is 8.00. The molecule has 0 saturated carbocycles. The van der Waals surface area contributed by atoms with E-state index in [4.69, 9.17) is 4.74 Å². The summed E-state index contributed by atoms with van der Waals surface area (Å²) in [5.74, 6) is -0.360. The predicted octanol–water partition coefficient (Wildman–Crippen LogP) is 3.50. The molecule has 0 atom stereocenters. The third-order valence-corrected chi connectivity index (χ3v) is 7.50. The molecule has 0 bridgehead atoms. The smallest absolute Gasteiger partial charge is 0.446 e. The molecule has 1 fully saturated rings. The lowest BCUT2D eigenvalue weighted by molar-refractivity contribution is -0.0328. The number of ether oxygens (including phenoxy) is 1. The molecule has 1 aliphatic rings. The Morgan fingerprint density at radius 3 is 2.25 bits per heavy atom. The predicted molar refractivity (Wildman–Crippen MR) is 116 cm³/mol. The third-order valence-electron chi connectivity index (χ3n) is 4.87. The molecular formula is C20H22F3N3O4S2. The summed E-state index contributed by atoms with van der Waals surface area (Å²) < 4.78 is 70.1. The van der Waals surface area contributed by atoms with Crippen molar-refractivity contribution in [2.45, 2.75) is 15.3 Å². The number of thioether (sulfide) groups is 1. The van der Waals surface area contributed by atoms with E-state index in [0.29, 0.717) is 26.2 Å². The van der Waals surface area contributed by atoms with Gasteiger partial charge in [-0.3, -0.25) is 4.79 Å². The fraction of sp³-hybridized carbons (Fsp3) is 0.350. The number of carbonyl (C=O) groups is 1. The van der Waals surface area contributed by atoms with Gasteiger partial charge in [-0.15, -0.1) is 0 Å². The zero-order chi connectivity index (χ0) is 23.5. The maximum atomic E-state index is 13.0. The standard InChI is InChI=1S/C20H22F3N3O4S2/c1-25-9-11-26(12-10-25)32(28,29)16-7-8-18(30-2)17(13-16)24-19(27)14-3-5-15(6-4-14)31-20(21,22)23/h3-8,13H,9-12H2,1-2H3,(H,24,27). The second-order valence-electron chi connectivity index (χ2n) is 7.10. The van der Waals surface area contributed by atoms with Gasteiger partial charge in [0.15, 0.2) is 0 Å². The van der Waals surface area contributed by atoms with Gasteiger partial charge in [0.1, 0.15) is 5.75 Å². The highest BCUT2D eigenvalue weighted by atomic mass is 32.2. The van der Waals surface area contributed by atoms with Crippen LogP contribution in [0.4, 0.5) is 18.9 Å². The Bertz CT molecular complexity index is 1070. The fourth-order valence-electron chi connectivity index (χ4n) is 3.13. The number of piperazine rings is 1. The molecule has 0 unspecified atom stereocenters. The molecular weight excluding hydrogens is 467 g/mol. The van der Waals surface area contributed by atoms with E-state index in [0.717, 1.165) is 0 Å². The van der Waals surface area contributed by atoms with Crippen LogP contribution in [0.25, 0.3) is 0 Å². The molecule has 32 heavy (non-hydrogen) atoms. The van der Waals surface area contributed by atoms with Gasteiger partial charge in [0, 0.05) is 36.6 Å². The van der Waals surface area contributed by atoms with Crippen LogP contribution in [0, 0.1) is 0 Å². The Morgan fingerprint density at radius 1 is 1.06 bits per heavy atom. The van der Waals surface area contributed by atoms with E-state index >= 15 is 0 Å². The van der Waals surface area contributed by atoms with Gasteiger partial charge in [-0.05, 0) is 61.3 Å². The number of carbonyl (C=O) groups excluding carboxylic acids is 1. The Hall–Kier alpha value is -2.28. The molecule has 0 aliphatic carbocycles. The summed E-state index contributed by atoms with van der Waals surface area (Å²) in [6.45, 7) is 1.94. The van der Waals surface area contributed by atoms with Gasteiger partial charge in [0.05, 0.1) is 17.7 Å². The number of benzene rings is 2. The van der Waals surface area contributed by atoms with Crippen molar-refractivity contribution in [3.8, 4) is 5.75 Å². The Labute approximate surface area is 188 Å². The number of alkyl halides is 3. The first-order chi connectivity index (χ1) is 15.0. The van der Waals surface area contributed by atoms with Crippen LogP contribution in [0.3, 0.4) is 0 Å². The number of nitrogens with one attached hydrogen (secondary N) is 1. The van der Waals surface area contributed by atoms with Gasteiger partial charge < -0.3 is 15.0 Å². The fourth-order valence-corrected chi connectivity index (χ4v) is 5.11. The lowest BCUT2D eigenvalue weighted by Gasteiger charge is -2.31. The highest BCUT2D eigenvalue weighted by Crippen LogP contribution is 2.37. The minimum absolute atomic E-state index is 0.00933. The van der Waals surface area contributed by atoms with E-state index < -0.39 is 21.4 Å². The molecule has 174 valence electrons. The number of anilines is 1. The molecule has 2 aromatic rings. The largest absolute Gasteiger partial charge is 0.495 e. The lowest BCUT2D eigenvalue weighted by Crippen LogP contribution is -2.47. The van der Waals surface area contributed by atoms with Crippen molar-refractivity contribution in [1.82, 2.24) is 9.21 Å². The minimum atomic E-state index is -4.42. The molecule has 0 aromatic heterocycles. The Morgan fingerprint density at radius 2 is 1.69 bits per heavy atom. The molecule has 1 heterocycles. The van der Waals surface area contributed by atoms with Crippen molar-refractivity contribution in [1.29, 1.82) is 0 Å². The van der Waals surface area contributed by atoms with Gasteiger partial charge in [0.2, 0.25) is 10.0 Å². The van der Waals surface area contributed by atoms with Crippen LogP contribution in [0.2, 0.25) is 0 Å². The lowest BCUT2D eigenvalue weighted by atomic mass is 10.2.